The molecule has 4 heterocycles. The number of hydrogen-bond acceptors (Lipinski definition) is 12. The summed E-state index contributed by atoms with van der Waals surface area (Å²) < 4.78 is 18.0. The Hall–Kier alpha value is -1.97. The highest BCUT2D eigenvalue weighted by molar-refractivity contribution is 8.09. The van der Waals surface area contributed by atoms with E-state index in [2.05, 4.69) is 25.4 Å². The van der Waals surface area contributed by atoms with E-state index < -0.39 is 36.9 Å². The monoisotopic (exact) mass is 503 g/mol. The van der Waals surface area contributed by atoms with Gasteiger partial charge in [0.2, 0.25) is 5.91 Å². The molecule has 2 aliphatic heterocycles. The number of nitrogens with zero attached hydrogens (tertiary/aromatic N) is 3. The van der Waals surface area contributed by atoms with Gasteiger partial charge in [0.25, 0.3) is 6.64 Å². The van der Waals surface area contributed by atoms with Crippen LogP contribution in [0.4, 0.5) is 5.82 Å². The van der Waals surface area contributed by atoms with Crippen molar-refractivity contribution in [3.8, 4) is 0 Å². The third kappa shape index (κ3) is 4.81. The second kappa shape index (κ2) is 9.72. The Morgan fingerprint density at radius 2 is 2.21 bits per heavy atom. The molecule has 2 fully saturated rings. The first kappa shape index (κ1) is 24.2. The van der Waals surface area contributed by atoms with Crippen molar-refractivity contribution < 1.29 is 28.8 Å². The topological polar surface area (TPSA) is 199 Å². The molecule has 0 saturated carbocycles. The number of imidazole rings is 1. The molecule has 1 amide bonds. The second-order valence-corrected chi connectivity index (χ2v) is 10.8. The van der Waals surface area contributed by atoms with Crippen LogP contribution < -0.4 is 21.8 Å². The molecular formula is C17H26N7O7PS. The van der Waals surface area contributed by atoms with Crippen molar-refractivity contribution in [2.75, 3.05) is 25.5 Å². The van der Waals surface area contributed by atoms with Gasteiger partial charge >= 0.3 is 5.69 Å². The average molecular weight is 503 g/mol. The van der Waals surface area contributed by atoms with Gasteiger partial charge in [-0.2, -0.15) is 0 Å². The summed E-state index contributed by atoms with van der Waals surface area (Å²) in [5, 5.41) is 26.8. The molecule has 0 aliphatic carbocycles. The fraction of sp³-hybridized carbons (Fsp3) is 0.647. The van der Waals surface area contributed by atoms with Gasteiger partial charge in [-0.05, 0) is 38.1 Å². The molecule has 0 radical (unpaired) electrons. The first-order chi connectivity index (χ1) is 15.7. The molecule has 4 rings (SSSR count). The zero-order valence-corrected chi connectivity index (χ0v) is 19.4. The molecule has 2 aliphatic rings. The molecule has 2 aromatic heterocycles. The third-order valence-corrected chi connectivity index (χ3v) is 7.95. The lowest BCUT2D eigenvalue weighted by molar-refractivity contribution is -0.121. The summed E-state index contributed by atoms with van der Waals surface area (Å²) in [6.07, 6.45) is -2.51. The van der Waals surface area contributed by atoms with E-state index in [-0.39, 0.29) is 42.1 Å². The first-order valence-electron chi connectivity index (χ1n) is 10.4. The second-order valence-electron chi connectivity index (χ2n) is 7.64. The van der Waals surface area contributed by atoms with Crippen LogP contribution in [-0.4, -0.2) is 79.8 Å². The number of aliphatic hydroxyl groups is 2. The lowest BCUT2D eigenvalue weighted by Crippen LogP contribution is -2.40. The van der Waals surface area contributed by atoms with Crippen molar-refractivity contribution in [2.45, 2.75) is 50.3 Å². The molecule has 2 saturated heterocycles. The van der Waals surface area contributed by atoms with Gasteiger partial charge in [0, 0.05) is 0 Å². The number of rotatable bonds is 8. The van der Waals surface area contributed by atoms with Crippen molar-refractivity contribution >= 4 is 41.3 Å². The molecule has 6 atom stereocenters. The molecule has 33 heavy (non-hydrogen) atoms. The van der Waals surface area contributed by atoms with Gasteiger partial charge in [-0.3, -0.25) is 9.88 Å². The van der Waals surface area contributed by atoms with Crippen molar-refractivity contribution in [3.63, 3.8) is 0 Å². The molecule has 16 heteroatoms. The maximum atomic E-state index is 12.5. The minimum Gasteiger partial charge on any atom is -0.387 e. The van der Waals surface area contributed by atoms with Crippen LogP contribution in [0, 0.1) is 0 Å². The minimum absolute atomic E-state index is 0.0497. The van der Waals surface area contributed by atoms with Gasteiger partial charge in [0.1, 0.15) is 30.2 Å². The number of anilines is 1. The number of hydrogen-bond donors (Lipinski definition) is 6. The summed E-state index contributed by atoms with van der Waals surface area (Å²) >= 11 is 5.44. The van der Waals surface area contributed by atoms with Crippen LogP contribution in [0.25, 0.3) is 11.2 Å². The highest BCUT2D eigenvalue weighted by Gasteiger charge is 2.46. The van der Waals surface area contributed by atoms with E-state index in [4.69, 9.17) is 31.3 Å². The lowest BCUT2D eigenvalue weighted by atomic mass is 10.1. The number of amides is 1. The van der Waals surface area contributed by atoms with Crippen LogP contribution in [0.1, 0.15) is 26.0 Å². The number of aromatic amines is 1. The molecule has 1 unspecified atom stereocenters. The predicted octanol–water partition coefficient (Wildman–Crippen LogP) is -1.53. The standard InChI is InChI=1S/C17H26N7O7PS/c1-2-29-32(33,23-15(27)8-4-3-5-19-8)30-6-9-11(25)12(26)16(31-9)24-14-10(22-17(24)28)13(18)20-7-21-14/h7-9,11-12,16,19,25-26H,2-6H2,1H3,(H,22,28)(H2,18,20,21)(H,23,27,33)/t8-,9-,11-,12-,16-,32?/m1/s1. The lowest BCUT2D eigenvalue weighted by Gasteiger charge is -2.25. The Balaban J connectivity index is 1.48. The minimum atomic E-state index is -3.25. The number of nitrogens with one attached hydrogen (secondary N) is 3. The molecule has 0 bridgehead atoms. The first-order valence-corrected chi connectivity index (χ1v) is 13.0. The summed E-state index contributed by atoms with van der Waals surface area (Å²) in [7, 11) is 0. The van der Waals surface area contributed by atoms with E-state index in [1.807, 2.05) is 0 Å². The highest BCUT2D eigenvalue weighted by Crippen LogP contribution is 2.45. The average Bonchev–Trinajstić information content (AvgIpc) is 3.48. The van der Waals surface area contributed by atoms with E-state index >= 15 is 0 Å². The summed E-state index contributed by atoms with van der Waals surface area (Å²) in [5.74, 6) is -0.272. The number of carbonyl (C=O) groups is 1. The molecular weight excluding hydrogens is 477 g/mol. The number of aliphatic hydroxyl groups excluding tert-OH is 2. The quantitative estimate of drug-likeness (QED) is 0.227. The van der Waals surface area contributed by atoms with Gasteiger partial charge in [0.15, 0.2) is 17.7 Å². The van der Waals surface area contributed by atoms with Gasteiger partial charge < -0.3 is 40.0 Å². The number of nitrogen functional groups attached to an aromatic ring is 1. The van der Waals surface area contributed by atoms with E-state index in [1.54, 1.807) is 6.92 Å². The fourth-order valence-electron chi connectivity index (χ4n) is 3.84. The van der Waals surface area contributed by atoms with E-state index in [9.17, 15) is 19.8 Å². The van der Waals surface area contributed by atoms with Crippen LogP contribution in [0.5, 0.6) is 0 Å². The Morgan fingerprint density at radius 3 is 2.91 bits per heavy atom. The zero-order chi connectivity index (χ0) is 23.8. The van der Waals surface area contributed by atoms with E-state index in [0.29, 0.717) is 6.42 Å². The van der Waals surface area contributed by atoms with E-state index in [0.717, 1.165) is 17.5 Å². The van der Waals surface area contributed by atoms with Crippen LogP contribution in [0.3, 0.4) is 0 Å². The number of ether oxygens (including phenoxy) is 1. The van der Waals surface area contributed by atoms with Gasteiger partial charge in [-0.15, -0.1) is 0 Å². The molecule has 2 aromatic rings. The van der Waals surface area contributed by atoms with Crippen molar-refractivity contribution in [3.05, 3.63) is 16.8 Å². The number of aromatic nitrogens is 4. The summed E-state index contributed by atoms with van der Waals surface area (Å²) in [4.78, 5) is 35.3. The smallest absolute Gasteiger partial charge is 0.330 e. The molecule has 7 N–H and O–H groups in total. The zero-order valence-electron chi connectivity index (χ0n) is 17.7. The molecule has 182 valence electrons. The Kier molecular flexibility index (Phi) is 7.12. The fourth-order valence-corrected chi connectivity index (χ4v) is 5.92. The van der Waals surface area contributed by atoms with Gasteiger partial charge in [0.05, 0.1) is 19.3 Å². The summed E-state index contributed by atoms with van der Waals surface area (Å²) in [6.45, 7) is -0.902. The van der Waals surface area contributed by atoms with Crippen LogP contribution in [0.15, 0.2) is 11.1 Å². The maximum absolute atomic E-state index is 12.5. The van der Waals surface area contributed by atoms with Crippen molar-refractivity contribution in [1.29, 1.82) is 0 Å². The normalized spacial score (nSPS) is 29.4. The number of nitrogens with two attached hydrogens (primary N) is 1. The van der Waals surface area contributed by atoms with Crippen LogP contribution in [-0.2, 0) is 30.4 Å². The Labute approximate surface area is 193 Å². The number of carbonyl (C=O) groups excluding carboxylic acids is 1. The van der Waals surface area contributed by atoms with Crippen LogP contribution >= 0.6 is 6.64 Å². The van der Waals surface area contributed by atoms with Crippen LogP contribution in [0.2, 0.25) is 0 Å². The van der Waals surface area contributed by atoms with Crippen molar-refractivity contribution in [2.24, 2.45) is 0 Å². The summed E-state index contributed by atoms with van der Waals surface area (Å²) in [5.41, 5.74) is 5.41. The molecule has 14 nitrogen and oxygen atoms in total. The predicted molar refractivity (Wildman–Crippen MR) is 120 cm³/mol. The highest BCUT2D eigenvalue weighted by atomic mass is 32.5. The van der Waals surface area contributed by atoms with Crippen molar-refractivity contribution in [1.82, 2.24) is 29.9 Å². The maximum Gasteiger partial charge on any atom is 0.330 e. The number of H-pyrrole nitrogens is 1. The molecule has 0 spiro atoms. The van der Waals surface area contributed by atoms with E-state index in [1.165, 1.54) is 6.33 Å². The largest absolute Gasteiger partial charge is 0.387 e. The Bertz CT molecular complexity index is 1120. The number of fused-ring (bicyclic) bond motifs is 1. The summed E-state index contributed by atoms with van der Waals surface area (Å²) in [6, 6.07) is -0.376. The molecule has 0 aromatic carbocycles. The van der Waals surface area contributed by atoms with Gasteiger partial charge in [-0.1, -0.05) is 0 Å². The SMILES string of the molecule is CCOP(=S)(NC(=O)[C@H]1CCCN1)OC[C@H]1O[C@@H](n2c(=O)[nH]c3c(N)ncnc32)[C@H](O)[C@@H]1O. The third-order valence-electron chi connectivity index (χ3n) is 5.46. The van der Waals surface area contributed by atoms with Gasteiger partial charge in [-0.25, -0.2) is 19.3 Å². The Morgan fingerprint density at radius 1 is 1.42 bits per heavy atom.